The maximum absolute atomic E-state index is 12.3. The number of aliphatic imine (C=N–C) groups is 1. The van der Waals surface area contributed by atoms with Gasteiger partial charge in [0, 0.05) is 23.0 Å². The molecule has 8 heteroatoms. The summed E-state index contributed by atoms with van der Waals surface area (Å²) in [4.78, 5) is 30.4. The van der Waals surface area contributed by atoms with Gasteiger partial charge in [-0.25, -0.2) is 0 Å². The van der Waals surface area contributed by atoms with Gasteiger partial charge in [0.25, 0.3) is 0 Å². The van der Waals surface area contributed by atoms with Crippen LogP contribution in [0.2, 0.25) is 5.02 Å². The van der Waals surface area contributed by atoms with E-state index in [0.29, 0.717) is 23.0 Å². The Bertz CT molecular complexity index is 652. The summed E-state index contributed by atoms with van der Waals surface area (Å²) < 4.78 is 0.957. The summed E-state index contributed by atoms with van der Waals surface area (Å²) in [7, 11) is 0. The van der Waals surface area contributed by atoms with Crippen LogP contribution in [0.15, 0.2) is 23.2 Å². The van der Waals surface area contributed by atoms with E-state index in [2.05, 4.69) is 10.3 Å². The first-order valence-electron chi connectivity index (χ1n) is 7.63. The van der Waals surface area contributed by atoms with Gasteiger partial charge in [0.2, 0.25) is 11.8 Å². The number of thioether (sulfide) groups is 2. The van der Waals surface area contributed by atoms with Crippen molar-refractivity contribution in [2.45, 2.75) is 13.8 Å². The largest absolute Gasteiger partial charge is 0.333 e. The van der Waals surface area contributed by atoms with E-state index in [1.165, 1.54) is 11.8 Å². The van der Waals surface area contributed by atoms with E-state index in [-0.39, 0.29) is 18.4 Å². The first-order valence-corrected chi connectivity index (χ1v) is 9.98. The van der Waals surface area contributed by atoms with Crippen LogP contribution in [0.1, 0.15) is 12.5 Å². The maximum atomic E-state index is 12.3. The Morgan fingerprint density at radius 3 is 2.92 bits per heavy atom. The van der Waals surface area contributed by atoms with Gasteiger partial charge in [-0.15, -0.1) is 0 Å². The summed E-state index contributed by atoms with van der Waals surface area (Å²) in [6, 6.07) is 5.32. The van der Waals surface area contributed by atoms with E-state index in [1.807, 2.05) is 19.9 Å². The molecule has 0 saturated carbocycles. The zero-order valence-electron chi connectivity index (χ0n) is 13.7. The van der Waals surface area contributed by atoms with Crippen molar-refractivity contribution in [2.24, 2.45) is 4.99 Å². The van der Waals surface area contributed by atoms with Crippen LogP contribution in [-0.4, -0.2) is 52.2 Å². The number of carbonyl (C=O) groups is 2. The molecule has 1 aromatic carbocycles. The highest BCUT2D eigenvalue weighted by Crippen LogP contribution is 2.22. The number of hydrogen-bond acceptors (Lipinski definition) is 5. The van der Waals surface area contributed by atoms with Gasteiger partial charge in [0.1, 0.15) is 4.38 Å². The second kappa shape index (κ2) is 9.34. The third kappa shape index (κ3) is 5.72. The summed E-state index contributed by atoms with van der Waals surface area (Å²) in [6.45, 7) is 5.09. The molecule has 0 spiro atoms. The zero-order valence-corrected chi connectivity index (χ0v) is 16.1. The maximum Gasteiger partial charge on any atom is 0.244 e. The minimum atomic E-state index is -0.229. The molecule has 24 heavy (non-hydrogen) atoms. The highest BCUT2D eigenvalue weighted by molar-refractivity contribution is 8.39. The van der Waals surface area contributed by atoms with E-state index in [4.69, 9.17) is 11.6 Å². The molecule has 0 unspecified atom stereocenters. The molecule has 2 rings (SSSR count). The standard InChI is InChI=1S/C16H20ClN3O2S2/c1-3-20(15(22)10-24-16-18-6-7-23-16)9-14(21)19-13-8-12(17)5-4-11(13)2/h4-5,8H,3,6-7,9-10H2,1-2H3,(H,19,21). The number of amides is 2. The number of halogens is 1. The van der Waals surface area contributed by atoms with E-state index in [0.717, 1.165) is 22.2 Å². The van der Waals surface area contributed by atoms with Gasteiger partial charge in [-0.05, 0) is 31.5 Å². The number of anilines is 1. The molecule has 130 valence electrons. The first kappa shape index (κ1) is 19.1. The third-order valence-corrected chi connectivity index (χ3v) is 5.89. The van der Waals surface area contributed by atoms with Crippen LogP contribution in [0, 0.1) is 6.92 Å². The molecule has 0 bridgehead atoms. The lowest BCUT2D eigenvalue weighted by molar-refractivity contribution is -0.132. The fourth-order valence-electron chi connectivity index (χ4n) is 2.09. The quantitative estimate of drug-likeness (QED) is 0.816. The van der Waals surface area contributed by atoms with E-state index in [9.17, 15) is 9.59 Å². The highest BCUT2D eigenvalue weighted by atomic mass is 35.5. The molecule has 0 fully saturated rings. The number of likely N-dealkylation sites (N-methyl/N-ethyl adjacent to an activating group) is 1. The van der Waals surface area contributed by atoms with Gasteiger partial charge in [0.15, 0.2) is 0 Å². The smallest absolute Gasteiger partial charge is 0.244 e. The van der Waals surface area contributed by atoms with Gasteiger partial charge < -0.3 is 10.2 Å². The zero-order chi connectivity index (χ0) is 17.5. The highest BCUT2D eigenvalue weighted by Gasteiger charge is 2.18. The Kier molecular flexibility index (Phi) is 7.45. The van der Waals surface area contributed by atoms with Crippen LogP contribution >= 0.6 is 35.1 Å². The van der Waals surface area contributed by atoms with Crippen LogP contribution in [0.25, 0.3) is 0 Å². The summed E-state index contributed by atoms with van der Waals surface area (Å²) in [5, 5.41) is 3.38. The first-order chi connectivity index (χ1) is 11.5. The van der Waals surface area contributed by atoms with Crippen molar-refractivity contribution in [1.82, 2.24) is 4.90 Å². The Labute approximate surface area is 155 Å². The van der Waals surface area contributed by atoms with Crippen molar-refractivity contribution in [3.05, 3.63) is 28.8 Å². The van der Waals surface area contributed by atoms with Crippen LogP contribution in [-0.2, 0) is 9.59 Å². The average Bonchev–Trinajstić information content (AvgIpc) is 3.07. The normalized spacial score (nSPS) is 13.5. The SMILES string of the molecule is CCN(CC(=O)Nc1cc(Cl)ccc1C)C(=O)CSC1=NCCS1. The van der Waals surface area contributed by atoms with Gasteiger partial charge in [-0.1, -0.05) is 41.2 Å². The monoisotopic (exact) mass is 385 g/mol. The molecule has 0 saturated heterocycles. The summed E-state index contributed by atoms with van der Waals surface area (Å²) in [5.41, 5.74) is 1.59. The van der Waals surface area contributed by atoms with Gasteiger partial charge in [-0.2, -0.15) is 0 Å². The van der Waals surface area contributed by atoms with Crippen LogP contribution in [0.4, 0.5) is 5.69 Å². The molecule has 0 aliphatic carbocycles. The molecule has 5 nitrogen and oxygen atoms in total. The van der Waals surface area contributed by atoms with Crippen molar-refractivity contribution >= 4 is 57.0 Å². The van der Waals surface area contributed by atoms with Gasteiger partial charge in [-0.3, -0.25) is 14.6 Å². The molecule has 1 aromatic rings. The molecular weight excluding hydrogens is 366 g/mol. The molecule has 2 amide bonds. The van der Waals surface area contributed by atoms with Crippen molar-refractivity contribution in [3.8, 4) is 0 Å². The predicted molar refractivity (Wildman–Crippen MR) is 104 cm³/mol. The topological polar surface area (TPSA) is 61.8 Å². The van der Waals surface area contributed by atoms with Crippen LogP contribution in [0.3, 0.4) is 0 Å². The number of nitrogens with zero attached hydrogens (tertiary/aromatic N) is 2. The van der Waals surface area contributed by atoms with Crippen LogP contribution in [0.5, 0.6) is 0 Å². The third-order valence-electron chi connectivity index (χ3n) is 3.42. The predicted octanol–water partition coefficient (Wildman–Crippen LogP) is 3.27. The summed E-state index contributed by atoms with van der Waals surface area (Å²) in [6.07, 6.45) is 0. The number of rotatable bonds is 6. The van der Waals surface area contributed by atoms with Crippen LogP contribution < -0.4 is 5.32 Å². The van der Waals surface area contributed by atoms with E-state index in [1.54, 1.807) is 28.8 Å². The Morgan fingerprint density at radius 2 is 2.25 bits per heavy atom. The summed E-state index contributed by atoms with van der Waals surface area (Å²) in [5.74, 6) is 1.00. The molecule has 0 aromatic heterocycles. The Morgan fingerprint density at radius 1 is 1.46 bits per heavy atom. The second-order valence-electron chi connectivity index (χ2n) is 5.20. The second-order valence-corrected chi connectivity index (χ2v) is 7.94. The molecule has 1 aliphatic heterocycles. The van der Waals surface area contributed by atoms with E-state index >= 15 is 0 Å². The van der Waals surface area contributed by atoms with Crippen molar-refractivity contribution in [2.75, 3.05) is 36.5 Å². The molecular formula is C16H20ClN3O2S2. The van der Waals surface area contributed by atoms with Crippen molar-refractivity contribution < 1.29 is 9.59 Å². The Hall–Kier alpha value is -1.18. The van der Waals surface area contributed by atoms with Gasteiger partial charge >= 0.3 is 0 Å². The fraction of sp³-hybridized carbons (Fsp3) is 0.438. The average molecular weight is 386 g/mol. The van der Waals surface area contributed by atoms with Gasteiger partial charge in [0.05, 0.1) is 18.8 Å². The van der Waals surface area contributed by atoms with E-state index < -0.39 is 0 Å². The summed E-state index contributed by atoms with van der Waals surface area (Å²) >= 11 is 9.07. The fourth-order valence-corrected chi connectivity index (χ4v) is 4.17. The Balaban J connectivity index is 1.87. The van der Waals surface area contributed by atoms with Crippen molar-refractivity contribution in [1.29, 1.82) is 0 Å². The number of carbonyl (C=O) groups excluding carboxylic acids is 2. The number of aryl methyl sites for hydroxylation is 1. The van der Waals surface area contributed by atoms with Crippen molar-refractivity contribution in [3.63, 3.8) is 0 Å². The molecule has 0 atom stereocenters. The lowest BCUT2D eigenvalue weighted by Gasteiger charge is -2.20. The number of nitrogens with one attached hydrogen (secondary N) is 1. The molecule has 1 N–H and O–H groups in total. The molecule has 0 radical (unpaired) electrons. The lowest BCUT2D eigenvalue weighted by atomic mass is 10.2. The minimum absolute atomic E-state index is 0.0292. The number of benzene rings is 1. The number of hydrogen-bond donors (Lipinski definition) is 1. The lowest BCUT2D eigenvalue weighted by Crippen LogP contribution is -2.39. The molecule has 1 aliphatic rings. The minimum Gasteiger partial charge on any atom is -0.333 e. The molecule has 1 heterocycles.